The van der Waals surface area contributed by atoms with Crippen molar-refractivity contribution in [3.05, 3.63) is 108 Å². The van der Waals surface area contributed by atoms with Crippen LogP contribution in [0.4, 0.5) is 4.79 Å². The highest BCUT2D eigenvalue weighted by molar-refractivity contribution is 5.92. The molecule has 77 heavy (non-hydrogen) atoms. The third-order valence-corrected chi connectivity index (χ3v) is 12.3. The number of alkyl carbamates (subject to hydrolysis) is 1. The van der Waals surface area contributed by atoms with Crippen molar-refractivity contribution in [1.29, 1.82) is 0 Å². The van der Waals surface area contributed by atoms with Gasteiger partial charge in [0.15, 0.2) is 6.29 Å². The Morgan fingerprint density at radius 1 is 0.597 bits per heavy atom. The number of ether oxygens (including phenoxy) is 8. The smallest absolute Gasteiger partial charge is 0.408 e. The maximum Gasteiger partial charge on any atom is 0.408 e. The highest BCUT2D eigenvalue weighted by Crippen LogP contribution is 2.32. The summed E-state index contributed by atoms with van der Waals surface area (Å²) >= 11 is 0. The normalized spacial score (nSPS) is 19.1. The Morgan fingerprint density at radius 3 is 1.62 bits per heavy atom. The molecule has 0 unspecified atom stereocenters. The second kappa shape index (κ2) is 32.7. The molecule has 1 heterocycles. The third-order valence-electron chi connectivity index (χ3n) is 12.3. The number of esters is 1. The van der Waals surface area contributed by atoms with E-state index < -0.39 is 96.2 Å². The van der Waals surface area contributed by atoms with Crippen LogP contribution in [-0.2, 0) is 81.7 Å². The molecular formula is C58H85N5O14. The van der Waals surface area contributed by atoms with Crippen LogP contribution in [0.15, 0.2) is 91.0 Å². The van der Waals surface area contributed by atoms with Gasteiger partial charge in [0.05, 0.1) is 46.8 Å². The molecule has 1 aliphatic heterocycles. The Hall–Kier alpha value is -5.96. The van der Waals surface area contributed by atoms with Crippen LogP contribution in [0.25, 0.3) is 0 Å². The van der Waals surface area contributed by atoms with Crippen LogP contribution in [0, 0.1) is 17.8 Å². The molecule has 0 aromatic heterocycles. The van der Waals surface area contributed by atoms with Gasteiger partial charge in [0.2, 0.25) is 23.6 Å². The van der Waals surface area contributed by atoms with Crippen molar-refractivity contribution in [2.24, 2.45) is 17.8 Å². The van der Waals surface area contributed by atoms with Gasteiger partial charge >= 0.3 is 12.1 Å². The number of hydrogen-bond donors (Lipinski definition) is 5. The molecule has 1 saturated heterocycles. The summed E-state index contributed by atoms with van der Waals surface area (Å²) in [6, 6.07) is 25.4. The van der Waals surface area contributed by atoms with E-state index in [-0.39, 0.29) is 70.4 Å². The number of rotatable bonds is 31. The summed E-state index contributed by atoms with van der Waals surface area (Å²) in [5.74, 6) is -2.94. The first-order valence-electron chi connectivity index (χ1n) is 26.7. The molecule has 1 aliphatic rings. The quantitative estimate of drug-likeness (QED) is 0.0352. The highest BCUT2D eigenvalue weighted by atomic mass is 16.7. The molecule has 3 aromatic carbocycles. The second-order valence-electron chi connectivity index (χ2n) is 21.3. The fourth-order valence-corrected chi connectivity index (χ4v) is 8.20. The second-order valence-corrected chi connectivity index (χ2v) is 21.3. The molecule has 0 radical (unpaired) electrons. The standard InChI is InChI=1S/C58H85N5O14/c1-37(2)32-44(55(68)70-11)61-54(67)48(39(5)6)62-46(64)28-31-71-36-45-49(73-33-41-22-15-12-16-23-41)50(74-34-42-24-17-13-18-25-42)51(75-35-43-26-19-14-20-27-43)56(76-45)72-30-21-29-59-53(66)47(38(3)4)63-52(65)40(7)60-57(69)77-58(8,9)10/h12-20,22-27,37-40,44-45,47-51,56H,21,28-36H2,1-11H3,(H,59,66)(H,60,69)(H,61,67)(H,62,64)(H,63,65)/t40-,44-,45+,47-,48-,49+,50-,51+,56+/m0/s1. The van der Waals surface area contributed by atoms with Gasteiger partial charge < -0.3 is 64.5 Å². The zero-order valence-corrected chi connectivity index (χ0v) is 46.9. The maximum absolute atomic E-state index is 13.5. The van der Waals surface area contributed by atoms with Crippen LogP contribution >= 0.6 is 0 Å². The van der Waals surface area contributed by atoms with E-state index in [1.165, 1.54) is 14.0 Å². The summed E-state index contributed by atoms with van der Waals surface area (Å²) in [6.45, 7) is 18.5. The van der Waals surface area contributed by atoms with Crippen molar-refractivity contribution >= 4 is 35.7 Å². The fourth-order valence-electron chi connectivity index (χ4n) is 8.20. The molecule has 0 bridgehead atoms. The van der Waals surface area contributed by atoms with Crippen LogP contribution in [0.2, 0.25) is 0 Å². The van der Waals surface area contributed by atoms with Crippen molar-refractivity contribution in [3.63, 3.8) is 0 Å². The molecule has 0 saturated carbocycles. The third kappa shape index (κ3) is 22.9. The summed E-state index contributed by atoms with van der Waals surface area (Å²) in [5.41, 5.74) is 1.96. The van der Waals surface area contributed by atoms with Crippen LogP contribution < -0.4 is 26.6 Å². The molecule has 426 valence electrons. The lowest BCUT2D eigenvalue weighted by Gasteiger charge is -2.46. The largest absolute Gasteiger partial charge is 0.467 e. The lowest BCUT2D eigenvalue weighted by molar-refractivity contribution is -0.328. The lowest BCUT2D eigenvalue weighted by atomic mass is 9.97. The lowest BCUT2D eigenvalue weighted by Crippen LogP contribution is -2.62. The number of methoxy groups -OCH3 is 1. The first kappa shape index (κ1) is 63.6. The number of amides is 5. The van der Waals surface area contributed by atoms with Gasteiger partial charge in [0.25, 0.3) is 0 Å². The monoisotopic (exact) mass is 1080 g/mol. The maximum atomic E-state index is 13.5. The van der Waals surface area contributed by atoms with Gasteiger partial charge in [-0.3, -0.25) is 19.2 Å². The summed E-state index contributed by atoms with van der Waals surface area (Å²) in [5, 5.41) is 13.7. The van der Waals surface area contributed by atoms with Crippen molar-refractivity contribution in [3.8, 4) is 0 Å². The molecule has 0 aliphatic carbocycles. The van der Waals surface area contributed by atoms with Gasteiger partial charge in [-0.2, -0.15) is 0 Å². The number of hydrogen-bond acceptors (Lipinski definition) is 14. The molecule has 1 fully saturated rings. The predicted molar refractivity (Wildman–Crippen MR) is 289 cm³/mol. The van der Waals surface area contributed by atoms with E-state index in [0.717, 1.165) is 16.7 Å². The summed E-state index contributed by atoms with van der Waals surface area (Å²) < 4.78 is 50.0. The minimum absolute atomic E-state index is 0.0483. The Morgan fingerprint density at radius 2 is 1.12 bits per heavy atom. The van der Waals surface area contributed by atoms with E-state index in [0.29, 0.717) is 12.8 Å². The highest BCUT2D eigenvalue weighted by Gasteiger charge is 2.49. The number of carbonyl (C=O) groups excluding carboxylic acids is 6. The molecule has 19 heteroatoms. The van der Waals surface area contributed by atoms with E-state index in [1.54, 1.807) is 48.5 Å². The number of nitrogens with one attached hydrogen (secondary N) is 5. The fraction of sp³-hybridized carbons (Fsp3) is 0.586. The van der Waals surface area contributed by atoms with Gasteiger partial charge in [-0.25, -0.2) is 9.59 Å². The predicted octanol–water partition coefficient (Wildman–Crippen LogP) is 6.30. The molecular weight excluding hydrogens is 991 g/mol. The number of benzene rings is 3. The van der Waals surface area contributed by atoms with Gasteiger partial charge in [-0.05, 0) is 75.0 Å². The summed E-state index contributed by atoms with van der Waals surface area (Å²) in [7, 11) is 1.27. The van der Waals surface area contributed by atoms with Gasteiger partial charge in [-0.15, -0.1) is 0 Å². The topological polar surface area (TPSA) is 236 Å². The Bertz CT molecular complexity index is 2250. The molecule has 19 nitrogen and oxygen atoms in total. The van der Waals surface area contributed by atoms with Crippen LogP contribution in [-0.4, -0.2) is 130 Å². The zero-order valence-electron chi connectivity index (χ0n) is 46.9. The van der Waals surface area contributed by atoms with Crippen LogP contribution in [0.5, 0.6) is 0 Å². The molecule has 5 N–H and O–H groups in total. The minimum atomic E-state index is -1.04. The van der Waals surface area contributed by atoms with E-state index in [1.807, 2.05) is 105 Å². The Labute approximate surface area is 455 Å². The van der Waals surface area contributed by atoms with Gasteiger partial charge in [-0.1, -0.05) is 133 Å². The van der Waals surface area contributed by atoms with E-state index in [4.69, 9.17) is 37.9 Å². The van der Waals surface area contributed by atoms with Crippen molar-refractivity contribution in [2.75, 3.05) is 33.5 Å². The van der Waals surface area contributed by atoms with Crippen molar-refractivity contribution in [2.45, 2.75) is 169 Å². The van der Waals surface area contributed by atoms with Gasteiger partial charge in [0.1, 0.15) is 54.2 Å². The first-order chi connectivity index (χ1) is 36.6. The van der Waals surface area contributed by atoms with Crippen molar-refractivity contribution < 1.29 is 66.7 Å². The SMILES string of the molecule is COC(=O)[C@H](CC(C)C)NC(=O)[C@@H](NC(=O)CCOC[C@H]1O[C@@H](OCCCNC(=O)[C@@H](NC(=O)[C@H](C)NC(=O)OC(C)(C)C)C(C)C)[C@H](OCc2ccccc2)[C@@H](OCc2ccccc2)[C@@H]1OCc1ccccc1)C(C)C. The van der Waals surface area contributed by atoms with E-state index >= 15 is 0 Å². The van der Waals surface area contributed by atoms with Crippen LogP contribution in [0.1, 0.15) is 105 Å². The van der Waals surface area contributed by atoms with Crippen LogP contribution in [0.3, 0.4) is 0 Å². The minimum Gasteiger partial charge on any atom is -0.467 e. The average molecular weight is 1080 g/mol. The van der Waals surface area contributed by atoms with E-state index in [9.17, 15) is 28.8 Å². The average Bonchev–Trinajstić information content (AvgIpc) is 3.39. The molecule has 5 amide bonds. The first-order valence-corrected chi connectivity index (χ1v) is 26.7. The molecule has 9 atom stereocenters. The molecule has 3 aromatic rings. The zero-order chi connectivity index (χ0) is 56.5. The van der Waals surface area contributed by atoms with E-state index in [2.05, 4.69) is 26.6 Å². The molecule has 4 rings (SSSR count). The summed E-state index contributed by atoms with van der Waals surface area (Å²) in [6.07, 6.45) is -4.45. The Kier molecular flexibility index (Phi) is 27.0. The van der Waals surface area contributed by atoms with Crippen molar-refractivity contribution in [1.82, 2.24) is 26.6 Å². The van der Waals surface area contributed by atoms with Gasteiger partial charge in [0, 0.05) is 13.0 Å². The summed E-state index contributed by atoms with van der Waals surface area (Å²) in [4.78, 5) is 78.3. The number of carbonyl (C=O) groups is 6. The Balaban J connectivity index is 1.53. The molecule has 0 spiro atoms.